The number of nitrogens with one attached hydrogen (secondary N) is 1. The Kier molecular flexibility index (Phi) is 5.45. The Morgan fingerprint density at radius 1 is 1.26 bits per heavy atom. The molecule has 198 valence electrons. The van der Waals surface area contributed by atoms with Crippen LogP contribution in [-0.4, -0.2) is 50.2 Å². The third kappa shape index (κ3) is 3.57. The zero-order valence-electron chi connectivity index (χ0n) is 21.2. The van der Waals surface area contributed by atoms with Crippen molar-refractivity contribution < 1.29 is 19.1 Å². The van der Waals surface area contributed by atoms with E-state index in [0.717, 1.165) is 27.9 Å². The summed E-state index contributed by atoms with van der Waals surface area (Å²) in [6, 6.07) is 8.90. The van der Waals surface area contributed by atoms with Crippen molar-refractivity contribution in [2.45, 2.75) is 38.8 Å². The molecule has 9 nitrogen and oxygen atoms in total. The molecule has 3 aliphatic heterocycles. The summed E-state index contributed by atoms with van der Waals surface area (Å²) in [5, 5.41) is 25.4. The highest BCUT2D eigenvalue weighted by Gasteiger charge is 2.41. The van der Waals surface area contributed by atoms with Crippen LogP contribution >= 0.6 is 11.3 Å². The number of hydrogen-bond donors (Lipinski definition) is 2. The molecule has 4 bridgehead atoms. The van der Waals surface area contributed by atoms with Gasteiger partial charge in [0.1, 0.15) is 31.0 Å². The van der Waals surface area contributed by atoms with Crippen LogP contribution in [-0.2, 0) is 22.7 Å². The average molecular weight is 546 g/mol. The van der Waals surface area contributed by atoms with E-state index in [1.807, 2.05) is 30.5 Å². The van der Waals surface area contributed by atoms with Crippen LogP contribution in [0, 0.1) is 12.7 Å². The zero-order valence-corrected chi connectivity index (χ0v) is 22.0. The van der Waals surface area contributed by atoms with E-state index in [9.17, 15) is 14.7 Å². The lowest BCUT2D eigenvalue weighted by molar-refractivity contribution is -0.126. The van der Waals surface area contributed by atoms with Crippen LogP contribution in [0.4, 0.5) is 10.1 Å². The van der Waals surface area contributed by atoms with E-state index in [1.165, 1.54) is 17.4 Å². The fourth-order valence-electron chi connectivity index (χ4n) is 6.18. The Morgan fingerprint density at radius 3 is 2.85 bits per heavy atom. The fraction of sp³-hybridized carbons (Fsp3) is 0.286. The van der Waals surface area contributed by atoms with E-state index in [0.29, 0.717) is 59.2 Å². The van der Waals surface area contributed by atoms with Crippen molar-refractivity contribution in [3.8, 4) is 11.1 Å². The second-order valence-corrected chi connectivity index (χ2v) is 11.5. The van der Waals surface area contributed by atoms with Gasteiger partial charge in [0.25, 0.3) is 0 Å². The zero-order chi connectivity index (χ0) is 26.9. The largest absolute Gasteiger partial charge is 0.392 e. The first kappa shape index (κ1) is 24.1. The molecule has 2 amide bonds. The van der Waals surface area contributed by atoms with Gasteiger partial charge in [-0.2, -0.15) is 5.10 Å². The molecule has 8 rings (SSSR count). The maximum Gasteiger partial charge on any atom is 0.327 e. The molecule has 0 spiro atoms. The standard InChI is InChI=1S/C28H25FN6O3S/c1-16-27(19(13-36)14-39-16)31-25(38)12-33-23-4-2-3-20-21-10-24-18(9-22(21)29)11-30-34(24)35(15-37)7-5-17(6-8-35)28(32-33)26(20)23/h2-4,9-11,14-15,17,36H,5-8,12-13H2,1H3/p+1. The highest BCUT2D eigenvalue weighted by molar-refractivity contribution is 7.10. The van der Waals surface area contributed by atoms with E-state index >= 15 is 4.39 Å². The van der Waals surface area contributed by atoms with Crippen LogP contribution in [0.2, 0.25) is 0 Å². The molecule has 0 aliphatic carbocycles. The van der Waals surface area contributed by atoms with Crippen LogP contribution < -0.4 is 9.91 Å². The summed E-state index contributed by atoms with van der Waals surface area (Å²) in [6.45, 7) is 2.78. The number of hydrogen-bond acceptors (Lipinski definition) is 6. The topological polar surface area (TPSA) is 102 Å². The van der Waals surface area contributed by atoms with Crippen molar-refractivity contribution in [2.75, 3.05) is 18.4 Å². The number of carbonyl (C=O) groups excluding carboxylic acids is 2. The molecular formula is C28H26FN6O3S+. The Morgan fingerprint density at radius 2 is 2.08 bits per heavy atom. The summed E-state index contributed by atoms with van der Waals surface area (Å²) in [6.07, 6.45) is 3.93. The van der Waals surface area contributed by atoms with Gasteiger partial charge in [-0.3, -0.25) is 9.48 Å². The highest BCUT2D eigenvalue weighted by atomic mass is 32.1. The van der Waals surface area contributed by atoms with Crippen molar-refractivity contribution in [3.63, 3.8) is 0 Å². The van der Waals surface area contributed by atoms with Crippen molar-refractivity contribution in [1.82, 2.24) is 24.3 Å². The lowest BCUT2D eigenvalue weighted by atomic mass is 9.89. The van der Waals surface area contributed by atoms with Crippen LogP contribution in [0.3, 0.4) is 0 Å². The number of aliphatic hydroxyl groups excluding tert-OH is 1. The molecule has 39 heavy (non-hydrogen) atoms. The predicted octanol–water partition coefficient (Wildman–Crippen LogP) is 4.18. The number of benzene rings is 2. The Labute approximate surface area is 226 Å². The Hall–Kier alpha value is -3.93. The van der Waals surface area contributed by atoms with Crippen molar-refractivity contribution in [1.29, 1.82) is 0 Å². The minimum Gasteiger partial charge on any atom is -0.392 e. The Bertz CT molecular complexity index is 1800. The van der Waals surface area contributed by atoms with Crippen molar-refractivity contribution >= 4 is 51.1 Å². The van der Waals surface area contributed by atoms with Gasteiger partial charge in [0.15, 0.2) is 0 Å². The molecule has 0 saturated carbocycles. The van der Waals surface area contributed by atoms with Gasteiger partial charge in [-0.05, 0) is 36.1 Å². The van der Waals surface area contributed by atoms with Gasteiger partial charge < -0.3 is 10.4 Å². The van der Waals surface area contributed by atoms with Gasteiger partial charge in [-0.25, -0.2) is 9.18 Å². The van der Waals surface area contributed by atoms with Crippen LogP contribution in [0.5, 0.6) is 0 Å². The lowest BCUT2D eigenvalue weighted by Crippen LogP contribution is -2.61. The minimum atomic E-state index is -0.380. The van der Waals surface area contributed by atoms with Crippen LogP contribution in [0.1, 0.15) is 34.9 Å². The number of anilines is 1. The normalized spacial score (nSPS) is 20.0. The van der Waals surface area contributed by atoms with Gasteiger partial charge in [-0.1, -0.05) is 16.9 Å². The number of carbonyl (C=O) groups is 2. The fourth-order valence-corrected chi connectivity index (χ4v) is 6.99. The van der Waals surface area contributed by atoms with Gasteiger partial charge in [0.2, 0.25) is 5.91 Å². The molecule has 5 aromatic rings. The van der Waals surface area contributed by atoms with E-state index < -0.39 is 0 Å². The molecule has 0 atom stereocenters. The minimum absolute atomic E-state index is 0.0286. The monoisotopic (exact) mass is 545 g/mol. The summed E-state index contributed by atoms with van der Waals surface area (Å²) in [4.78, 5) is 28.3. The molecule has 0 radical (unpaired) electrons. The molecule has 1 fully saturated rings. The van der Waals surface area contributed by atoms with Crippen LogP contribution in [0.15, 0.2) is 41.9 Å². The van der Waals surface area contributed by atoms with E-state index in [-0.39, 0.29) is 35.4 Å². The number of aliphatic hydroxyl groups is 1. The summed E-state index contributed by atoms with van der Waals surface area (Å²) < 4.78 is 17.3. The maximum atomic E-state index is 15.6. The number of halogens is 1. The Balaban J connectivity index is 1.40. The number of rotatable bonds is 5. The van der Waals surface area contributed by atoms with Gasteiger partial charge in [0, 0.05) is 45.5 Å². The summed E-state index contributed by atoms with van der Waals surface area (Å²) >= 11 is 1.47. The number of aryl methyl sites for hydroxylation is 1. The number of thiophene rings is 1. The number of amides is 2. The second kappa shape index (κ2) is 8.80. The summed E-state index contributed by atoms with van der Waals surface area (Å²) in [5.41, 5.74) is 4.69. The van der Waals surface area contributed by atoms with Crippen molar-refractivity contribution in [3.05, 3.63) is 63.9 Å². The maximum absolute atomic E-state index is 15.6. The number of nitrogens with zero attached hydrogens (tertiary/aromatic N) is 5. The highest BCUT2D eigenvalue weighted by Crippen LogP contribution is 2.41. The smallest absolute Gasteiger partial charge is 0.327 e. The number of quaternary nitrogens is 1. The number of aromatic nitrogens is 4. The van der Waals surface area contributed by atoms with Gasteiger partial charge in [0.05, 0.1) is 29.7 Å². The van der Waals surface area contributed by atoms with Crippen molar-refractivity contribution in [2.24, 2.45) is 0 Å². The first-order chi connectivity index (χ1) is 18.9. The second-order valence-electron chi connectivity index (χ2n) is 10.4. The molecular weight excluding hydrogens is 519 g/mol. The van der Waals surface area contributed by atoms with Gasteiger partial charge >= 0.3 is 6.41 Å². The van der Waals surface area contributed by atoms with Gasteiger partial charge in [-0.15, -0.1) is 21.0 Å². The number of fused-ring (bicyclic) bond motifs is 2. The first-order valence-corrected chi connectivity index (χ1v) is 13.8. The lowest BCUT2D eigenvalue weighted by Gasteiger charge is -2.36. The molecule has 0 unspecified atom stereocenters. The number of piperidine rings is 1. The molecule has 11 heteroatoms. The molecule has 6 heterocycles. The third-order valence-electron chi connectivity index (χ3n) is 8.20. The first-order valence-electron chi connectivity index (χ1n) is 12.9. The van der Waals surface area contributed by atoms with Crippen LogP contribution in [0.25, 0.3) is 32.9 Å². The predicted molar refractivity (Wildman–Crippen MR) is 147 cm³/mol. The molecule has 2 aromatic carbocycles. The van der Waals surface area contributed by atoms with E-state index in [4.69, 9.17) is 5.10 Å². The summed E-state index contributed by atoms with van der Waals surface area (Å²) in [7, 11) is 0. The molecule has 1 saturated heterocycles. The molecule has 2 N–H and O–H groups in total. The van der Waals surface area contributed by atoms with E-state index in [2.05, 4.69) is 10.4 Å². The average Bonchev–Trinajstić information content (AvgIpc) is 3.63. The molecule has 3 aromatic heterocycles. The molecule has 3 aliphatic rings. The van der Waals surface area contributed by atoms with E-state index in [1.54, 1.807) is 21.7 Å². The summed E-state index contributed by atoms with van der Waals surface area (Å²) in [5.74, 6) is -0.602. The third-order valence-corrected chi connectivity index (χ3v) is 9.16. The quantitative estimate of drug-likeness (QED) is 0.255. The SMILES string of the molecule is Cc1scc(CO)c1NC(=O)Cn1nc2c3c(cccc31)-c1cc3c(cnn3[N+]3(C=O)CCC2CC3)cc1F.